The van der Waals surface area contributed by atoms with Gasteiger partial charge in [-0.05, 0) is 12.1 Å². The number of phosphoric acid groups is 2. The second-order valence-electron chi connectivity index (χ2n) is 2.69. The first-order valence-corrected chi connectivity index (χ1v) is 7.25. The van der Waals surface area contributed by atoms with Crippen LogP contribution in [0.2, 0.25) is 0 Å². The molecular formula is C6H9NO10P2. The second-order valence-corrected chi connectivity index (χ2v) is 5.00. The third kappa shape index (κ3) is 12.8. The van der Waals surface area contributed by atoms with Gasteiger partial charge in [-0.1, -0.05) is 18.2 Å². The Kier molecular flexibility index (Phi) is 6.63. The molecule has 11 nitrogen and oxygen atoms in total. The lowest BCUT2D eigenvalue weighted by molar-refractivity contribution is -0.717. The summed E-state index contributed by atoms with van der Waals surface area (Å²) in [6, 6.07) is 7.48. The molecule has 0 bridgehead atoms. The molecule has 0 fully saturated rings. The highest BCUT2D eigenvalue weighted by Gasteiger charge is 2.26. The Morgan fingerprint density at radius 2 is 1.47 bits per heavy atom. The standard InChI is InChI=1S/C6H6NO6P.H3O4P/c8-7(9)13-14(10,11)12-6-4-2-1-3-5-6;1-5(2,3)4/h1-5H,(H,10,11);(H3,1,2,3,4). The Hall–Kier alpha value is -1.48. The lowest BCUT2D eigenvalue weighted by Crippen LogP contribution is -2.02. The van der Waals surface area contributed by atoms with Crippen LogP contribution in [0.5, 0.6) is 5.75 Å². The van der Waals surface area contributed by atoms with E-state index in [1.165, 1.54) is 12.1 Å². The molecule has 108 valence electrons. The summed E-state index contributed by atoms with van der Waals surface area (Å²) < 4.78 is 27.6. The average Bonchev–Trinajstić information content (AvgIpc) is 2.12. The van der Waals surface area contributed by atoms with Gasteiger partial charge in [0, 0.05) is 0 Å². The van der Waals surface area contributed by atoms with Crippen LogP contribution in [0, 0.1) is 10.1 Å². The minimum Gasteiger partial charge on any atom is -0.406 e. The molecule has 0 aliphatic carbocycles. The summed E-state index contributed by atoms with van der Waals surface area (Å²) >= 11 is 0. The van der Waals surface area contributed by atoms with Crippen molar-refractivity contribution in [3.05, 3.63) is 40.4 Å². The lowest BCUT2D eigenvalue weighted by atomic mass is 10.3. The molecule has 0 radical (unpaired) electrons. The number of nitrogens with zero attached hydrogens (tertiary/aromatic N) is 1. The zero-order chi connectivity index (χ0) is 15.1. The highest BCUT2D eigenvalue weighted by Crippen LogP contribution is 2.43. The Bertz CT molecular complexity index is 490. The zero-order valence-corrected chi connectivity index (χ0v) is 10.8. The minimum absolute atomic E-state index is 0.0141. The quantitative estimate of drug-likeness (QED) is 0.346. The molecule has 0 saturated carbocycles. The number of para-hydroxylation sites is 1. The van der Waals surface area contributed by atoms with Crippen molar-refractivity contribution in [1.82, 2.24) is 0 Å². The van der Waals surface area contributed by atoms with Crippen LogP contribution in [0.25, 0.3) is 0 Å². The summed E-state index contributed by atoms with van der Waals surface area (Å²) in [4.78, 5) is 40.1. The van der Waals surface area contributed by atoms with Gasteiger partial charge in [0.15, 0.2) is 0 Å². The molecule has 19 heavy (non-hydrogen) atoms. The van der Waals surface area contributed by atoms with Gasteiger partial charge in [0.05, 0.1) is 0 Å². The first-order valence-electron chi connectivity index (χ1n) is 4.19. The van der Waals surface area contributed by atoms with E-state index in [1.54, 1.807) is 18.2 Å². The van der Waals surface area contributed by atoms with Crippen molar-refractivity contribution in [2.45, 2.75) is 0 Å². The fourth-order valence-corrected chi connectivity index (χ4v) is 1.31. The molecule has 0 aliphatic heterocycles. The van der Waals surface area contributed by atoms with Crippen molar-refractivity contribution in [1.29, 1.82) is 0 Å². The van der Waals surface area contributed by atoms with Crippen molar-refractivity contribution in [2.24, 2.45) is 0 Å². The molecule has 1 aromatic carbocycles. The van der Waals surface area contributed by atoms with E-state index in [0.717, 1.165) is 0 Å². The third-order valence-corrected chi connectivity index (χ3v) is 1.92. The van der Waals surface area contributed by atoms with E-state index in [2.05, 4.69) is 9.15 Å². The largest absolute Gasteiger partial charge is 0.557 e. The van der Waals surface area contributed by atoms with Crippen LogP contribution in [-0.4, -0.2) is 24.7 Å². The molecular weight excluding hydrogens is 308 g/mol. The molecule has 0 aliphatic rings. The van der Waals surface area contributed by atoms with Crippen molar-refractivity contribution >= 4 is 15.6 Å². The van der Waals surface area contributed by atoms with E-state index in [4.69, 9.17) is 24.1 Å². The Balaban J connectivity index is 0.000000555. The van der Waals surface area contributed by atoms with E-state index in [0.29, 0.717) is 0 Å². The molecule has 13 heteroatoms. The molecule has 1 atom stereocenters. The molecule has 1 rings (SSSR count). The first kappa shape index (κ1) is 17.5. The summed E-state index contributed by atoms with van der Waals surface area (Å²) in [7, 11) is -9.31. The fourth-order valence-electron chi connectivity index (χ4n) is 0.715. The summed E-state index contributed by atoms with van der Waals surface area (Å²) in [5.41, 5.74) is 0. The molecule has 4 N–H and O–H groups in total. The lowest BCUT2D eigenvalue weighted by Gasteiger charge is -2.09. The molecule has 0 heterocycles. The predicted molar refractivity (Wildman–Crippen MR) is 59.2 cm³/mol. The Morgan fingerprint density at radius 3 is 1.84 bits per heavy atom. The smallest absolute Gasteiger partial charge is 0.406 e. The van der Waals surface area contributed by atoms with Crippen LogP contribution in [0.4, 0.5) is 0 Å². The minimum atomic E-state index is -4.67. The van der Waals surface area contributed by atoms with Gasteiger partial charge in [-0.15, -0.1) is 10.1 Å². The Labute approximate surface area is 106 Å². The molecule has 0 aromatic heterocycles. The van der Waals surface area contributed by atoms with Crippen LogP contribution < -0.4 is 4.52 Å². The van der Waals surface area contributed by atoms with Crippen molar-refractivity contribution in [3.8, 4) is 5.75 Å². The van der Waals surface area contributed by atoms with Crippen molar-refractivity contribution in [3.63, 3.8) is 0 Å². The monoisotopic (exact) mass is 317 g/mol. The number of hydrogen-bond donors (Lipinski definition) is 4. The SMILES string of the molecule is O=P(O)(O)O.O=[N+]([O-])OP(=O)(O)Oc1ccccc1. The van der Waals surface area contributed by atoms with Gasteiger partial charge in [0.1, 0.15) is 5.75 Å². The molecule has 0 spiro atoms. The predicted octanol–water partition coefficient (Wildman–Crippen LogP) is 0.445. The molecule has 1 aromatic rings. The number of hydrogen-bond acceptors (Lipinski definition) is 6. The number of rotatable bonds is 4. The summed E-state index contributed by atoms with van der Waals surface area (Å²) in [5, 5.41) is 8.39. The normalized spacial score (nSPS) is 13.5. The van der Waals surface area contributed by atoms with Gasteiger partial charge in [-0.25, -0.2) is 9.13 Å². The van der Waals surface area contributed by atoms with Gasteiger partial charge < -0.3 is 19.2 Å². The molecule has 1 unspecified atom stereocenters. The summed E-state index contributed by atoms with van der Waals surface area (Å²) in [5.74, 6) is 0.0141. The van der Waals surface area contributed by atoms with E-state index in [9.17, 15) is 14.7 Å². The van der Waals surface area contributed by atoms with Crippen LogP contribution in [0.3, 0.4) is 0 Å². The van der Waals surface area contributed by atoms with E-state index in [1.807, 2.05) is 0 Å². The maximum absolute atomic E-state index is 10.9. The first-order chi connectivity index (χ1) is 8.49. The van der Waals surface area contributed by atoms with E-state index < -0.39 is 20.7 Å². The van der Waals surface area contributed by atoms with E-state index >= 15 is 0 Å². The molecule has 0 saturated heterocycles. The topological polar surface area (TPSA) is 177 Å². The van der Waals surface area contributed by atoms with Gasteiger partial charge in [-0.3, -0.25) is 4.89 Å². The number of benzene rings is 1. The number of phosphoric ester groups is 1. The zero-order valence-electron chi connectivity index (χ0n) is 8.97. The Morgan fingerprint density at radius 1 is 1.05 bits per heavy atom. The average molecular weight is 317 g/mol. The highest BCUT2D eigenvalue weighted by atomic mass is 31.2. The maximum Gasteiger partial charge on any atom is 0.557 e. The van der Waals surface area contributed by atoms with Gasteiger partial charge >= 0.3 is 20.7 Å². The van der Waals surface area contributed by atoms with Crippen molar-refractivity contribution < 1.29 is 42.9 Å². The van der Waals surface area contributed by atoms with Crippen LogP contribution in [0.1, 0.15) is 0 Å². The van der Waals surface area contributed by atoms with E-state index in [-0.39, 0.29) is 5.75 Å². The highest BCUT2D eigenvalue weighted by molar-refractivity contribution is 7.47. The van der Waals surface area contributed by atoms with Crippen LogP contribution in [0.15, 0.2) is 30.3 Å². The van der Waals surface area contributed by atoms with Crippen molar-refractivity contribution in [2.75, 3.05) is 0 Å². The molecule has 0 amide bonds. The second kappa shape index (κ2) is 7.19. The van der Waals surface area contributed by atoms with Crippen LogP contribution >= 0.6 is 15.6 Å². The van der Waals surface area contributed by atoms with Gasteiger partial charge in [0.25, 0.3) is 0 Å². The van der Waals surface area contributed by atoms with Gasteiger partial charge in [0.2, 0.25) is 0 Å². The third-order valence-electron chi connectivity index (χ3n) is 1.13. The summed E-state index contributed by atoms with van der Waals surface area (Å²) in [6.45, 7) is 0. The van der Waals surface area contributed by atoms with Crippen LogP contribution in [-0.2, 0) is 13.8 Å². The fraction of sp³-hybridized carbons (Fsp3) is 0. The van der Waals surface area contributed by atoms with Gasteiger partial charge in [-0.2, -0.15) is 4.62 Å². The maximum atomic E-state index is 10.9. The summed E-state index contributed by atoms with van der Waals surface area (Å²) in [6.07, 6.45) is 0.